The summed E-state index contributed by atoms with van der Waals surface area (Å²) in [4.78, 5) is 16.4. The van der Waals surface area contributed by atoms with Crippen molar-refractivity contribution in [3.63, 3.8) is 0 Å². The number of aryl methyl sites for hydroxylation is 2. The Kier molecular flexibility index (Phi) is 6.06. The maximum Gasteiger partial charge on any atom is 0.216 e. The quantitative estimate of drug-likeness (QED) is 0.448. The van der Waals surface area contributed by atoms with E-state index in [1.807, 2.05) is 19.0 Å². The summed E-state index contributed by atoms with van der Waals surface area (Å²) in [6.45, 7) is 0. The standard InChI is InChI=1S/C37H30N7/c1-42-20-15-24(16-21-42)35-28-9-7-26(38-28)27-8-10-29(39-27)36(25-17-22-43(2)23-18-25)31-12-14-33(41-31)37(32-13-11-30(35)40-32)34-6-4-5-19-44(34)3/h4-23H,1-3H3,(H,40,41)/q+1/p+2. The van der Waals surface area contributed by atoms with E-state index in [1.54, 1.807) is 0 Å². The molecule has 0 saturated carbocycles. The molecule has 212 valence electrons. The molecular weight excluding hydrogens is 542 g/mol. The van der Waals surface area contributed by atoms with Gasteiger partial charge in [0, 0.05) is 72.7 Å². The highest BCUT2D eigenvalue weighted by Crippen LogP contribution is 2.35. The lowest BCUT2D eigenvalue weighted by molar-refractivity contribution is -0.673. The minimum Gasteiger partial charge on any atom is -0.357 e. The Balaban J connectivity index is 1.43. The Bertz CT molecular complexity index is 2080. The van der Waals surface area contributed by atoms with Gasteiger partial charge in [0.25, 0.3) is 0 Å². The van der Waals surface area contributed by atoms with Crippen LogP contribution >= 0.6 is 0 Å². The first-order valence-corrected chi connectivity index (χ1v) is 14.7. The number of aromatic nitrogens is 3. The fourth-order valence-corrected chi connectivity index (χ4v) is 6.18. The van der Waals surface area contributed by atoms with E-state index in [9.17, 15) is 0 Å². The molecule has 0 amide bonds. The summed E-state index contributed by atoms with van der Waals surface area (Å²) in [5, 5.41) is 2.23. The number of rotatable bonds is 2. The van der Waals surface area contributed by atoms with Crippen molar-refractivity contribution in [1.82, 2.24) is 9.88 Å². The van der Waals surface area contributed by atoms with E-state index in [1.165, 1.54) is 0 Å². The van der Waals surface area contributed by atoms with Gasteiger partial charge in [0.2, 0.25) is 5.69 Å². The Morgan fingerprint density at radius 3 is 2.11 bits per heavy atom. The second-order valence-electron chi connectivity index (χ2n) is 11.4. The van der Waals surface area contributed by atoms with E-state index < -0.39 is 0 Å². The van der Waals surface area contributed by atoms with Crippen molar-refractivity contribution in [3.05, 3.63) is 173 Å². The molecule has 0 aromatic carbocycles. The van der Waals surface area contributed by atoms with Crippen molar-refractivity contribution >= 4 is 28.1 Å². The summed E-state index contributed by atoms with van der Waals surface area (Å²) >= 11 is 0. The number of nitrogens with two attached hydrogens (primary N) is 1. The number of quaternary nitrogens is 1. The number of H-pyrrole nitrogens is 1. The number of allylic oxidation sites excluding steroid dienone is 11. The number of aromatic amines is 1. The van der Waals surface area contributed by atoms with Crippen LogP contribution in [0.5, 0.6) is 0 Å². The van der Waals surface area contributed by atoms with Crippen molar-refractivity contribution in [2.75, 3.05) is 7.05 Å². The molecule has 0 aliphatic carbocycles. The number of fused-ring (bicyclic) bond motifs is 6. The first kappa shape index (κ1) is 26.0. The van der Waals surface area contributed by atoms with E-state index >= 15 is 0 Å². The lowest BCUT2D eigenvalue weighted by atomic mass is 9.99. The summed E-state index contributed by atoms with van der Waals surface area (Å²) in [6.07, 6.45) is 27.6. The second kappa shape index (κ2) is 10.3. The molecule has 0 atom stereocenters. The van der Waals surface area contributed by atoms with Gasteiger partial charge in [-0.3, -0.25) is 5.32 Å². The SMILES string of the molecule is CN1C=CC(=C2C3=NC(=C4C=CC(=C(c5cc[n+](C)cc5)C5=NC(=C(c6cccc[n+]6C)c6ccc2[nH]6)C=C5)[NH2+]4)C=C3)C=C1. The van der Waals surface area contributed by atoms with E-state index in [0.29, 0.717) is 0 Å². The van der Waals surface area contributed by atoms with Crippen LogP contribution in [0.2, 0.25) is 0 Å². The molecule has 3 aromatic rings. The van der Waals surface area contributed by atoms with E-state index in [-0.39, 0.29) is 0 Å². The zero-order valence-electron chi connectivity index (χ0n) is 24.9. The Labute approximate surface area is 256 Å². The third-order valence-electron chi connectivity index (χ3n) is 8.46. The van der Waals surface area contributed by atoms with E-state index in [2.05, 4.69) is 149 Å². The molecule has 8 heterocycles. The Morgan fingerprint density at radius 1 is 0.659 bits per heavy atom. The van der Waals surface area contributed by atoms with Crippen LogP contribution in [0.4, 0.5) is 0 Å². The van der Waals surface area contributed by atoms with Gasteiger partial charge >= 0.3 is 0 Å². The molecule has 0 radical (unpaired) electrons. The number of aliphatic imine (C=N–C) groups is 2. The summed E-state index contributed by atoms with van der Waals surface area (Å²) in [7, 11) is 6.15. The van der Waals surface area contributed by atoms with Crippen LogP contribution in [-0.4, -0.2) is 28.4 Å². The fourth-order valence-electron chi connectivity index (χ4n) is 6.18. The third kappa shape index (κ3) is 4.42. The molecular formula is C37H32N7+3. The molecule has 3 aromatic heterocycles. The molecule has 5 aliphatic heterocycles. The zero-order chi connectivity index (χ0) is 29.8. The van der Waals surface area contributed by atoms with Crippen LogP contribution in [0, 0.1) is 0 Å². The van der Waals surface area contributed by atoms with Gasteiger partial charge in [-0.1, -0.05) is 0 Å². The first-order valence-electron chi connectivity index (χ1n) is 14.7. The largest absolute Gasteiger partial charge is 0.357 e. The number of hydrogen-bond acceptors (Lipinski definition) is 3. The van der Waals surface area contributed by atoms with Gasteiger partial charge in [-0.15, -0.1) is 0 Å². The number of pyridine rings is 2. The molecule has 5 aliphatic rings. The van der Waals surface area contributed by atoms with Crippen molar-refractivity contribution < 1.29 is 14.5 Å². The van der Waals surface area contributed by atoms with Crippen LogP contribution < -0.4 is 14.5 Å². The Hall–Kier alpha value is -5.66. The van der Waals surface area contributed by atoms with Gasteiger partial charge in [0.15, 0.2) is 24.3 Å². The average molecular weight is 575 g/mol. The average Bonchev–Trinajstić information content (AvgIpc) is 3.85. The third-order valence-corrected chi connectivity index (χ3v) is 8.46. The van der Waals surface area contributed by atoms with Gasteiger partial charge in [-0.05, 0) is 60.2 Å². The van der Waals surface area contributed by atoms with Crippen molar-refractivity contribution in [3.8, 4) is 0 Å². The predicted molar refractivity (Wildman–Crippen MR) is 173 cm³/mol. The lowest BCUT2D eigenvalue weighted by Crippen LogP contribution is -2.77. The van der Waals surface area contributed by atoms with Gasteiger partial charge in [-0.2, -0.15) is 0 Å². The highest BCUT2D eigenvalue weighted by atomic mass is 15.0. The van der Waals surface area contributed by atoms with Gasteiger partial charge in [-0.25, -0.2) is 19.1 Å². The maximum absolute atomic E-state index is 5.33. The molecule has 0 spiro atoms. The van der Waals surface area contributed by atoms with Crippen molar-refractivity contribution in [2.45, 2.75) is 0 Å². The summed E-state index contributed by atoms with van der Waals surface area (Å²) in [5.74, 6) is 0. The van der Waals surface area contributed by atoms with Crippen LogP contribution in [-0.2, 0) is 14.1 Å². The van der Waals surface area contributed by atoms with E-state index in [4.69, 9.17) is 9.98 Å². The van der Waals surface area contributed by atoms with Crippen molar-refractivity contribution in [2.24, 2.45) is 24.1 Å². The van der Waals surface area contributed by atoms with Crippen LogP contribution in [0.1, 0.15) is 22.6 Å². The summed E-state index contributed by atoms with van der Waals surface area (Å²) < 4.78 is 4.20. The molecule has 3 N–H and O–H groups in total. The molecule has 44 heavy (non-hydrogen) atoms. The number of nitrogens with zero attached hydrogens (tertiary/aromatic N) is 5. The highest BCUT2D eigenvalue weighted by Gasteiger charge is 2.29. The minimum absolute atomic E-state index is 0.914. The molecule has 7 nitrogen and oxygen atoms in total. The lowest BCUT2D eigenvalue weighted by Gasteiger charge is -2.15. The molecule has 7 heteroatoms. The number of nitrogens with one attached hydrogen (secondary N) is 1. The zero-order valence-corrected chi connectivity index (χ0v) is 24.9. The molecule has 8 rings (SSSR count). The molecule has 8 bridgehead atoms. The van der Waals surface area contributed by atoms with Gasteiger partial charge < -0.3 is 9.88 Å². The predicted octanol–water partition coefficient (Wildman–Crippen LogP) is 3.94. The molecule has 0 fully saturated rings. The Morgan fingerprint density at radius 2 is 1.34 bits per heavy atom. The highest BCUT2D eigenvalue weighted by molar-refractivity contribution is 6.32. The summed E-state index contributed by atoms with van der Waals surface area (Å²) in [5.41, 5.74) is 14.4. The second-order valence-corrected chi connectivity index (χ2v) is 11.4. The van der Waals surface area contributed by atoms with Gasteiger partial charge in [0.1, 0.15) is 25.5 Å². The normalized spacial score (nSPS) is 18.6. The van der Waals surface area contributed by atoms with Crippen LogP contribution in [0.3, 0.4) is 0 Å². The minimum atomic E-state index is 0.914. The van der Waals surface area contributed by atoms with Gasteiger partial charge in [0.05, 0.1) is 34.0 Å². The van der Waals surface area contributed by atoms with Crippen LogP contribution in [0.25, 0.3) is 16.7 Å². The monoisotopic (exact) mass is 574 g/mol. The van der Waals surface area contributed by atoms with Crippen LogP contribution in [0.15, 0.2) is 160 Å². The van der Waals surface area contributed by atoms with E-state index in [0.717, 1.165) is 79.1 Å². The smallest absolute Gasteiger partial charge is 0.216 e. The number of hydrogen-bond donors (Lipinski definition) is 2. The van der Waals surface area contributed by atoms with Crippen molar-refractivity contribution in [1.29, 1.82) is 0 Å². The molecule has 0 saturated heterocycles. The molecule has 0 unspecified atom stereocenters. The summed E-state index contributed by atoms with van der Waals surface area (Å²) in [6, 6.07) is 14.9. The maximum atomic E-state index is 5.33. The fraction of sp³-hybridized carbons (Fsp3) is 0.0811. The first-order chi connectivity index (χ1) is 21.5. The topological polar surface area (TPSA) is 68.1 Å².